The Morgan fingerprint density at radius 2 is 1.63 bits per heavy atom. The Morgan fingerprint density at radius 3 is 2.13 bits per heavy atom. The van der Waals surface area contributed by atoms with Gasteiger partial charge >= 0.3 is 0 Å². The molecular weight excluding hydrogens is 376 g/mol. The Hall–Kier alpha value is -2.82. The van der Waals surface area contributed by atoms with Gasteiger partial charge in [-0.05, 0) is 42.0 Å². The number of nitrogens with one attached hydrogen (secondary N) is 1. The lowest BCUT2D eigenvalue weighted by molar-refractivity contribution is -0.142. The van der Waals surface area contributed by atoms with Crippen LogP contribution in [0.1, 0.15) is 50.8 Å². The van der Waals surface area contributed by atoms with Gasteiger partial charge in [-0.1, -0.05) is 69.7 Å². The van der Waals surface area contributed by atoms with Crippen LogP contribution >= 0.6 is 0 Å². The molecule has 5 heteroatoms. The molecule has 0 aromatic heterocycles. The van der Waals surface area contributed by atoms with Crippen molar-refractivity contribution in [2.24, 2.45) is 0 Å². The molecule has 2 rings (SSSR count). The van der Waals surface area contributed by atoms with Crippen molar-refractivity contribution in [2.45, 2.75) is 59.0 Å². The molecule has 0 spiro atoms. The Labute approximate surface area is 180 Å². The highest BCUT2D eigenvalue weighted by Gasteiger charge is 2.28. The van der Waals surface area contributed by atoms with Gasteiger partial charge in [-0.3, -0.25) is 9.59 Å². The molecule has 0 heterocycles. The molecule has 0 radical (unpaired) electrons. The summed E-state index contributed by atoms with van der Waals surface area (Å²) >= 11 is 0. The number of aryl methyl sites for hydroxylation is 1. The number of ether oxygens (including phenoxy) is 1. The predicted octanol–water partition coefficient (Wildman–Crippen LogP) is 4.22. The summed E-state index contributed by atoms with van der Waals surface area (Å²) in [6.07, 6.45) is 0.525. The fourth-order valence-corrected chi connectivity index (χ4v) is 3.26. The summed E-state index contributed by atoms with van der Waals surface area (Å²) in [5.41, 5.74) is 3.39. The van der Waals surface area contributed by atoms with Crippen molar-refractivity contribution in [1.29, 1.82) is 0 Å². The van der Waals surface area contributed by atoms with Gasteiger partial charge in [0.2, 0.25) is 5.91 Å². The summed E-state index contributed by atoms with van der Waals surface area (Å²) in [4.78, 5) is 27.1. The maximum Gasteiger partial charge on any atom is 0.261 e. The zero-order chi connectivity index (χ0) is 22.3. The van der Waals surface area contributed by atoms with Crippen molar-refractivity contribution >= 4 is 11.8 Å². The number of carbonyl (C=O) groups excluding carboxylic acids is 2. The van der Waals surface area contributed by atoms with Crippen LogP contribution in [0, 0.1) is 6.92 Å². The third-order valence-corrected chi connectivity index (χ3v) is 5.19. The van der Waals surface area contributed by atoms with E-state index in [1.165, 1.54) is 5.56 Å². The van der Waals surface area contributed by atoms with Crippen molar-refractivity contribution in [3.63, 3.8) is 0 Å². The van der Waals surface area contributed by atoms with Crippen molar-refractivity contribution in [3.05, 3.63) is 65.2 Å². The first-order valence-corrected chi connectivity index (χ1v) is 10.5. The number of carbonyl (C=O) groups is 2. The van der Waals surface area contributed by atoms with Gasteiger partial charge in [0.15, 0.2) is 6.61 Å². The van der Waals surface area contributed by atoms with Crippen LogP contribution in [0.5, 0.6) is 5.75 Å². The van der Waals surface area contributed by atoms with E-state index in [0.29, 0.717) is 18.7 Å². The van der Waals surface area contributed by atoms with Crippen molar-refractivity contribution < 1.29 is 14.3 Å². The molecule has 2 aromatic carbocycles. The third kappa shape index (κ3) is 6.34. The van der Waals surface area contributed by atoms with Gasteiger partial charge < -0.3 is 15.0 Å². The Bertz CT molecular complexity index is 836. The molecule has 2 amide bonds. The first-order chi connectivity index (χ1) is 14.2. The minimum absolute atomic E-state index is 0.0566. The molecule has 1 atom stereocenters. The van der Waals surface area contributed by atoms with Crippen LogP contribution in [-0.2, 0) is 21.5 Å². The molecule has 5 nitrogen and oxygen atoms in total. The Balaban J connectivity index is 2.14. The van der Waals surface area contributed by atoms with Gasteiger partial charge in [-0.15, -0.1) is 0 Å². The second-order valence-corrected chi connectivity index (χ2v) is 8.61. The van der Waals surface area contributed by atoms with Gasteiger partial charge in [-0.2, -0.15) is 0 Å². The minimum Gasteiger partial charge on any atom is -0.484 e. The molecule has 162 valence electrons. The van der Waals surface area contributed by atoms with E-state index in [1.54, 1.807) is 11.9 Å². The molecule has 0 aliphatic rings. The van der Waals surface area contributed by atoms with Crippen LogP contribution in [0.2, 0.25) is 0 Å². The Morgan fingerprint density at radius 1 is 1.03 bits per heavy atom. The van der Waals surface area contributed by atoms with Crippen LogP contribution in [-0.4, -0.2) is 36.4 Å². The molecule has 0 unspecified atom stereocenters. The van der Waals surface area contributed by atoms with E-state index >= 15 is 0 Å². The van der Waals surface area contributed by atoms with Crippen LogP contribution in [0.4, 0.5) is 0 Å². The quantitative estimate of drug-likeness (QED) is 0.709. The minimum atomic E-state index is -0.546. The zero-order valence-corrected chi connectivity index (χ0v) is 19.0. The topological polar surface area (TPSA) is 58.6 Å². The summed E-state index contributed by atoms with van der Waals surface area (Å²) in [5.74, 6) is 0.248. The van der Waals surface area contributed by atoms with Gasteiger partial charge in [0.1, 0.15) is 11.8 Å². The van der Waals surface area contributed by atoms with E-state index < -0.39 is 6.04 Å². The molecular formula is C25H34N2O3. The second kappa shape index (κ2) is 10.3. The number of amides is 2. The highest BCUT2D eigenvalue weighted by molar-refractivity contribution is 5.88. The van der Waals surface area contributed by atoms with Crippen LogP contribution < -0.4 is 10.1 Å². The molecule has 0 bridgehead atoms. The van der Waals surface area contributed by atoms with Crippen molar-refractivity contribution in [1.82, 2.24) is 10.2 Å². The number of nitrogens with zero attached hydrogens (tertiary/aromatic N) is 1. The Kier molecular flexibility index (Phi) is 8.04. The third-order valence-electron chi connectivity index (χ3n) is 5.19. The molecule has 1 N–H and O–H groups in total. The number of likely N-dealkylation sites (N-methyl/N-ethyl adjacent to an activating group) is 1. The number of hydrogen-bond donors (Lipinski definition) is 1. The lowest BCUT2D eigenvalue weighted by Crippen LogP contribution is -2.49. The summed E-state index contributed by atoms with van der Waals surface area (Å²) in [5, 5.41) is 2.67. The van der Waals surface area contributed by atoms with E-state index in [2.05, 4.69) is 26.1 Å². The van der Waals surface area contributed by atoms with E-state index in [-0.39, 0.29) is 23.8 Å². The summed E-state index contributed by atoms with van der Waals surface area (Å²) in [6.45, 7) is 10.6. The van der Waals surface area contributed by atoms with Crippen LogP contribution in [0.25, 0.3) is 0 Å². The summed E-state index contributed by atoms with van der Waals surface area (Å²) < 4.78 is 5.76. The largest absolute Gasteiger partial charge is 0.484 e. The molecule has 0 fully saturated rings. The first-order valence-electron chi connectivity index (χ1n) is 10.5. The SMILES string of the molecule is CC[C@@H](C(=O)NC)N(Cc1ccc(C)cc1)C(=O)COc1ccc(C(C)(C)C)cc1. The fraction of sp³-hybridized carbons (Fsp3) is 0.440. The molecule has 0 aliphatic carbocycles. The lowest BCUT2D eigenvalue weighted by atomic mass is 9.87. The van der Waals surface area contributed by atoms with Crippen molar-refractivity contribution in [3.8, 4) is 5.75 Å². The van der Waals surface area contributed by atoms with Crippen LogP contribution in [0.15, 0.2) is 48.5 Å². The average Bonchev–Trinajstić information content (AvgIpc) is 2.72. The molecule has 0 aliphatic heterocycles. The maximum absolute atomic E-state index is 13.1. The zero-order valence-electron chi connectivity index (χ0n) is 19.0. The van der Waals surface area contributed by atoms with E-state index in [9.17, 15) is 9.59 Å². The molecule has 30 heavy (non-hydrogen) atoms. The van der Waals surface area contributed by atoms with Crippen molar-refractivity contribution in [2.75, 3.05) is 13.7 Å². The normalized spacial score (nSPS) is 12.2. The highest BCUT2D eigenvalue weighted by Crippen LogP contribution is 2.24. The van der Waals surface area contributed by atoms with E-state index in [1.807, 2.05) is 62.4 Å². The fourth-order valence-electron chi connectivity index (χ4n) is 3.26. The van der Waals surface area contributed by atoms with E-state index in [0.717, 1.165) is 11.1 Å². The van der Waals surface area contributed by atoms with E-state index in [4.69, 9.17) is 4.74 Å². The monoisotopic (exact) mass is 410 g/mol. The van der Waals surface area contributed by atoms with Gasteiger partial charge in [0, 0.05) is 13.6 Å². The van der Waals surface area contributed by atoms with Crippen LogP contribution in [0.3, 0.4) is 0 Å². The van der Waals surface area contributed by atoms with Gasteiger partial charge in [0.05, 0.1) is 0 Å². The molecule has 2 aromatic rings. The average molecular weight is 411 g/mol. The standard InChI is InChI=1S/C25H34N2O3/c1-7-22(24(29)26-6)27(16-19-10-8-18(2)9-11-19)23(28)17-30-21-14-12-20(13-15-21)25(3,4)5/h8-15,22H,7,16-17H2,1-6H3,(H,26,29)/t22-/m0/s1. The lowest BCUT2D eigenvalue weighted by Gasteiger charge is -2.30. The highest BCUT2D eigenvalue weighted by atomic mass is 16.5. The summed E-state index contributed by atoms with van der Waals surface area (Å²) in [7, 11) is 1.59. The number of benzene rings is 2. The molecule has 0 saturated carbocycles. The number of rotatable bonds is 8. The predicted molar refractivity (Wildman–Crippen MR) is 121 cm³/mol. The van der Waals surface area contributed by atoms with Gasteiger partial charge in [-0.25, -0.2) is 0 Å². The smallest absolute Gasteiger partial charge is 0.261 e. The molecule has 0 saturated heterocycles. The first kappa shape index (κ1) is 23.5. The maximum atomic E-state index is 13.1. The van der Waals surface area contributed by atoms with Gasteiger partial charge in [0.25, 0.3) is 5.91 Å². The number of hydrogen-bond acceptors (Lipinski definition) is 3. The second-order valence-electron chi connectivity index (χ2n) is 8.61. The summed E-state index contributed by atoms with van der Waals surface area (Å²) in [6, 6.07) is 15.2.